The lowest BCUT2D eigenvalue weighted by molar-refractivity contribution is 0.529. The van der Waals surface area contributed by atoms with Crippen LogP contribution in [-0.2, 0) is 5.75 Å². The van der Waals surface area contributed by atoms with Gasteiger partial charge in [0.2, 0.25) is 5.89 Å². The molecule has 0 aliphatic carbocycles. The lowest BCUT2D eigenvalue weighted by atomic mass is 10.2. The molecule has 0 bridgehead atoms. The SMILES string of the molecule is CC(CN)CSCc1nnc(-c2cccs2)o1. The van der Waals surface area contributed by atoms with Gasteiger partial charge in [0.15, 0.2) is 0 Å². The summed E-state index contributed by atoms with van der Waals surface area (Å²) in [6.45, 7) is 2.86. The minimum atomic E-state index is 0.527. The maximum atomic E-state index is 5.58. The molecule has 17 heavy (non-hydrogen) atoms. The van der Waals surface area contributed by atoms with Crippen molar-refractivity contribution < 1.29 is 4.42 Å². The molecule has 0 amide bonds. The summed E-state index contributed by atoms with van der Waals surface area (Å²) in [5, 5.41) is 10.1. The Bertz CT molecular complexity index is 441. The number of nitrogens with two attached hydrogens (primary N) is 1. The molecule has 0 fully saturated rings. The molecule has 2 rings (SSSR count). The van der Waals surface area contributed by atoms with Crippen molar-refractivity contribution in [1.82, 2.24) is 10.2 Å². The fourth-order valence-electron chi connectivity index (χ4n) is 1.23. The van der Waals surface area contributed by atoms with Gasteiger partial charge in [-0.1, -0.05) is 13.0 Å². The van der Waals surface area contributed by atoms with Gasteiger partial charge in [0.05, 0.1) is 10.6 Å². The van der Waals surface area contributed by atoms with E-state index in [4.69, 9.17) is 10.2 Å². The molecule has 0 aromatic carbocycles. The number of hydrogen-bond donors (Lipinski definition) is 1. The van der Waals surface area contributed by atoms with E-state index in [0.717, 1.165) is 22.9 Å². The monoisotopic (exact) mass is 269 g/mol. The standard InChI is InChI=1S/C11H15N3OS2/c1-8(5-12)6-16-7-10-13-14-11(15-10)9-3-2-4-17-9/h2-4,8H,5-7,12H2,1H3. The zero-order valence-electron chi connectivity index (χ0n) is 9.63. The van der Waals surface area contributed by atoms with Gasteiger partial charge in [-0.3, -0.25) is 0 Å². The van der Waals surface area contributed by atoms with Crippen LogP contribution in [0.15, 0.2) is 21.9 Å². The summed E-state index contributed by atoms with van der Waals surface area (Å²) < 4.78 is 5.58. The molecular formula is C11H15N3OS2. The molecule has 2 heterocycles. The Morgan fingerprint density at radius 1 is 1.53 bits per heavy atom. The van der Waals surface area contributed by atoms with E-state index < -0.39 is 0 Å². The summed E-state index contributed by atoms with van der Waals surface area (Å²) in [4.78, 5) is 1.02. The molecule has 0 radical (unpaired) electrons. The Balaban J connectivity index is 1.87. The van der Waals surface area contributed by atoms with Gasteiger partial charge in [0.1, 0.15) is 0 Å². The highest BCUT2D eigenvalue weighted by atomic mass is 32.2. The molecular weight excluding hydrogens is 254 g/mol. The molecule has 0 saturated heterocycles. The minimum Gasteiger partial charge on any atom is -0.419 e. The van der Waals surface area contributed by atoms with E-state index in [1.165, 1.54) is 0 Å². The third-order valence-electron chi connectivity index (χ3n) is 2.23. The van der Waals surface area contributed by atoms with Crippen molar-refractivity contribution in [3.63, 3.8) is 0 Å². The summed E-state index contributed by atoms with van der Waals surface area (Å²) in [6, 6.07) is 3.95. The van der Waals surface area contributed by atoms with E-state index in [1.807, 2.05) is 17.5 Å². The lowest BCUT2D eigenvalue weighted by Gasteiger charge is -2.05. The summed E-state index contributed by atoms with van der Waals surface area (Å²) >= 11 is 3.38. The Hall–Kier alpha value is -0.850. The van der Waals surface area contributed by atoms with Crippen LogP contribution in [-0.4, -0.2) is 22.5 Å². The van der Waals surface area contributed by atoms with Crippen LogP contribution in [0.25, 0.3) is 10.8 Å². The zero-order valence-corrected chi connectivity index (χ0v) is 11.3. The van der Waals surface area contributed by atoms with Gasteiger partial charge < -0.3 is 10.2 Å². The van der Waals surface area contributed by atoms with Crippen LogP contribution < -0.4 is 5.73 Å². The molecule has 2 N–H and O–H groups in total. The van der Waals surface area contributed by atoms with E-state index in [0.29, 0.717) is 17.7 Å². The first-order chi connectivity index (χ1) is 8.29. The minimum absolute atomic E-state index is 0.527. The number of hydrogen-bond acceptors (Lipinski definition) is 6. The largest absolute Gasteiger partial charge is 0.419 e. The van der Waals surface area contributed by atoms with Crippen LogP contribution in [0.4, 0.5) is 0 Å². The second kappa shape index (κ2) is 6.18. The Labute approximate surface area is 109 Å². The molecule has 1 unspecified atom stereocenters. The van der Waals surface area contributed by atoms with E-state index >= 15 is 0 Å². The zero-order chi connectivity index (χ0) is 12.1. The van der Waals surface area contributed by atoms with Gasteiger partial charge in [-0.15, -0.1) is 21.5 Å². The second-order valence-electron chi connectivity index (χ2n) is 3.83. The molecule has 4 nitrogen and oxygen atoms in total. The van der Waals surface area contributed by atoms with Crippen LogP contribution in [0.3, 0.4) is 0 Å². The smallest absolute Gasteiger partial charge is 0.257 e. The summed E-state index contributed by atoms with van der Waals surface area (Å²) in [7, 11) is 0. The second-order valence-corrected chi connectivity index (χ2v) is 5.81. The van der Waals surface area contributed by atoms with Crippen molar-refractivity contribution in [2.45, 2.75) is 12.7 Å². The van der Waals surface area contributed by atoms with Gasteiger partial charge in [0, 0.05) is 0 Å². The van der Waals surface area contributed by atoms with E-state index in [2.05, 4.69) is 17.1 Å². The van der Waals surface area contributed by atoms with Crippen LogP contribution in [0.5, 0.6) is 0 Å². The third kappa shape index (κ3) is 3.55. The maximum absolute atomic E-state index is 5.58. The fraction of sp³-hybridized carbons (Fsp3) is 0.455. The number of thiophene rings is 1. The summed E-state index contributed by atoms with van der Waals surface area (Å²) in [5.41, 5.74) is 5.56. The van der Waals surface area contributed by atoms with E-state index in [1.54, 1.807) is 23.1 Å². The molecule has 2 aromatic rings. The topological polar surface area (TPSA) is 64.9 Å². The third-order valence-corrected chi connectivity index (χ3v) is 4.34. The highest BCUT2D eigenvalue weighted by molar-refractivity contribution is 7.98. The highest BCUT2D eigenvalue weighted by Gasteiger charge is 2.09. The number of nitrogens with zero attached hydrogens (tertiary/aromatic N) is 2. The predicted molar refractivity (Wildman–Crippen MR) is 72.0 cm³/mol. The first kappa shape index (κ1) is 12.6. The molecule has 0 aliphatic heterocycles. The van der Waals surface area contributed by atoms with Gasteiger partial charge >= 0.3 is 0 Å². The van der Waals surface area contributed by atoms with Crippen LogP contribution in [0.1, 0.15) is 12.8 Å². The normalized spacial score (nSPS) is 12.8. The van der Waals surface area contributed by atoms with Gasteiger partial charge in [-0.05, 0) is 29.7 Å². The van der Waals surface area contributed by atoms with E-state index in [9.17, 15) is 0 Å². The average Bonchev–Trinajstić information content (AvgIpc) is 2.98. The van der Waals surface area contributed by atoms with Crippen molar-refractivity contribution in [2.24, 2.45) is 11.7 Å². The average molecular weight is 269 g/mol. The van der Waals surface area contributed by atoms with Crippen molar-refractivity contribution in [3.05, 3.63) is 23.4 Å². The molecule has 2 aromatic heterocycles. The Morgan fingerprint density at radius 3 is 3.12 bits per heavy atom. The number of thioether (sulfide) groups is 1. The van der Waals surface area contributed by atoms with Crippen molar-refractivity contribution in [3.8, 4) is 10.8 Å². The Morgan fingerprint density at radius 2 is 2.41 bits per heavy atom. The molecule has 0 aliphatic rings. The fourth-order valence-corrected chi connectivity index (χ4v) is 2.82. The molecule has 0 saturated carbocycles. The van der Waals surface area contributed by atoms with Gasteiger partial charge in [-0.2, -0.15) is 11.8 Å². The number of rotatable bonds is 6. The first-order valence-corrected chi connectivity index (χ1v) is 7.47. The van der Waals surface area contributed by atoms with Crippen molar-refractivity contribution in [1.29, 1.82) is 0 Å². The maximum Gasteiger partial charge on any atom is 0.257 e. The van der Waals surface area contributed by atoms with Crippen LogP contribution in [0.2, 0.25) is 0 Å². The van der Waals surface area contributed by atoms with Crippen LogP contribution in [0, 0.1) is 5.92 Å². The lowest BCUT2D eigenvalue weighted by Crippen LogP contribution is -2.12. The molecule has 92 valence electrons. The van der Waals surface area contributed by atoms with E-state index in [-0.39, 0.29) is 0 Å². The summed E-state index contributed by atoms with van der Waals surface area (Å²) in [5.74, 6) is 3.60. The van der Waals surface area contributed by atoms with Gasteiger partial charge in [0.25, 0.3) is 5.89 Å². The predicted octanol–water partition coefficient (Wildman–Crippen LogP) is 2.63. The highest BCUT2D eigenvalue weighted by Crippen LogP contribution is 2.24. The first-order valence-electron chi connectivity index (χ1n) is 5.43. The Kier molecular flexibility index (Phi) is 4.58. The molecule has 0 spiro atoms. The number of aromatic nitrogens is 2. The quantitative estimate of drug-likeness (QED) is 0.873. The summed E-state index contributed by atoms with van der Waals surface area (Å²) in [6.07, 6.45) is 0. The van der Waals surface area contributed by atoms with Crippen molar-refractivity contribution >= 4 is 23.1 Å². The molecule has 6 heteroatoms. The molecule has 1 atom stereocenters. The van der Waals surface area contributed by atoms with Crippen LogP contribution >= 0.6 is 23.1 Å². The van der Waals surface area contributed by atoms with Crippen molar-refractivity contribution in [2.75, 3.05) is 12.3 Å². The van der Waals surface area contributed by atoms with Gasteiger partial charge in [-0.25, -0.2) is 0 Å².